The van der Waals surface area contributed by atoms with E-state index in [0.717, 1.165) is 18.2 Å². The normalized spacial score (nSPS) is 86.4. The molecule has 2 fully saturated rings. The number of hydrogen-bond donors (Lipinski definition) is 0. The molecule has 2 unspecified atom stereocenters. The van der Waals surface area contributed by atoms with Crippen molar-refractivity contribution in [3.63, 3.8) is 0 Å². The molecule has 0 aromatic carbocycles. The summed E-state index contributed by atoms with van der Waals surface area (Å²) in [6.45, 7) is 1.67. The van der Waals surface area contributed by atoms with E-state index < -0.39 is 0 Å². The molecule has 0 aromatic heterocycles. The van der Waals surface area contributed by atoms with E-state index in [1.165, 1.54) is 0 Å². The van der Waals surface area contributed by atoms with Gasteiger partial charge >= 0.3 is 0 Å². The highest BCUT2D eigenvalue weighted by atomic mass is 32.6. The zero-order valence-corrected chi connectivity index (χ0v) is 5.87. The van der Waals surface area contributed by atoms with E-state index in [0.29, 0.717) is 0 Å². The Morgan fingerprint density at radius 2 is 1.60 bits per heavy atom. The van der Waals surface area contributed by atoms with Gasteiger partial charge in [-0.2, -0.15) is 0 Å². The predicted molar refractivity (Wildman–Crippen MR) is 30.4 cm³/mol. The summed E-state index contributed by atoms with van der Waals surface area (Å²) < 4.78 is 1.16. The number of hydrogen-bond acceptors (Lipinski definition) is 0. The molecule has 4 heteroatoms. The zero-order valence-electron chi connectivity index (χ0n) is 2.29. The van der Waals surface area contributed by atoms with Crippen LogP contribution in [0.5, 0.6) is 0 Å². The Kier molecular flexibility index (Phi) is 0.245. The van der Waals surface area contributed by atoms with Gasteiger partial charge in [0.2, 0.25) is 0 Å². The highest BCUT2D eigenvalue weighted by molar-refractivity contribution is 8.96. The van der Waals surface area contributed by atoms with Gasteiger partial charge in [0.05, 0.1) is 13.8 Å². The summed E-state index contributed by atoms with van der Waals surface area (Å²) >= 11 is 0. The SMILES string of the molecule is [P-]1[P+]2=[P+]3[P-]C123. The van der Waals surface area contributed by atoms with Crippen molar-refractivity contribution < 1.29 is 0 Å². The van der Waals surface area contributed by atoms with Crippen LogP contribution in [0.1, 0.15) is 0 Å². The molecule has 3 aliphatic rings. The maximum atomic E-state index is 1.90. The van der Waals surface area contributed by atoms with E-state index in [1.807, 2.05) is 16.5 Å². The fraction of sp³-hybridized carbons (Fsp3) is 1.00. The second kappa shape index (κ2) is 0.454. The third-order valence-electron chi connectivity index (χ3n) is 1.06. The van der Waals surface area contributed by atoms with Crippen molar-refractivity contribution in [1.29, 1.82) is 0 Å². The standard InChI is InChI=1S/CP4/c2-1-3-5(1)4(1)2. The summed E-state index contributed by atoms with van der Waals surface area (Å²) in [6.07, 6.45) is 0. The van der Waals surface area contributed by atoms with Gasteiger partial charge in [0.1, 0.15) is 4.38 Å². The van der Waals surface area contributed by atoms with Crippen LogP contribution in [0.4, 0.5) is 0 Å². The van der Waals surface area contributed by atoms with E-state index in [1.54, 1.807) is 0 Å². The second-order valence-electron chi connectivity index (χ2n) is 1.38. The highest BCUT2D eigenvalue weighted by Gasteiger charge is 2.85. The minimum atomic E-state index is 0.836. The van der Waals surface area contributed by atoms with Crippen LogP contribution in [0, 0.1) is 0 Å². The molecule has 0 saturated carbocycles. The van der Waals surface area contributed by atoms with Crippen molar-refractivity contribution in [2.45, 2.75) is 4.38 Å². The number of rotatable bonds is 0. The van der Waals surface area contributed by atoms with Gasteiger partial charge in [0.25, 0.3) is 0 Å². The van der Waals surface area contributed by atoms with E-state index >= 15 is 0 Å². The van der Waals surface area contributed by atoms with Gasteiger partial charge in [-0.3, -0.25) is 0 Å². The Morgan fingerprint density at radius 1 is 1.20 bits per heavy atom. The van der Waals surface area contributed by atoms with E-state index in [2.05, 4.69) is 0 Å². The molecule has 0 radical (unpaired) electrons. The van der Waals surface area contributed by atoms with Crippen molar-refractivity contribution in [3.05, 3.63) is 0 Å². The third kappa shape index (κ3) is 0.142. The first kappa shape index (κ1) is 2.69. The molecule has 2 atom stereocenters. The fourth-order valence-electron chi connectivity index (χ4n) is 0.504. The first-order chi connectivity index (χ1) is 2.43. The molecule has 3 rings (SSSR count). The minimum Gasteiger partial charge on any atom is -0.142 e. The molecule has 0 aromatic rings. The van der Waals surface area contributed by atoms with E-state index in [4.69, 9.17) is 0 Å². The topological polar surface area (TPSA) is 0 Å². The monoisotopic (exact) mass is 136 g/mol. The fourth-order valence-corrected chi connectivity index (χ4v) is 28.7. The van der Waals surface area contributed by atoms with Crippen LogP contribution in [0.2, 0.25) is 0 Å². The zero-order chi connectivity index (χ0) is 3.07. The largest absolute Gasteiger partial charge is 0.142 e. The predicted octanol–water partition coefficient (Wildman–Crippen LogP) is 3.24. The summed E-state index contributed by atoms with van der Waals surface area (Å²) in [5, 5.41) is 0. The molecule has 0 nitrogen and oxygen atoms in total. The molecule has 0 amide bonds. The molecule has 5 heavy (non-hydrogen) atoms. The smallest absolute Gasteiger partial charge is 0.134 e. The van der Waals surface area contributed by atoms with Gasteiger partial charge < -0.3 is 0 Å². The van der Waals surface area contributed by atoms with Crippen LogP contribution < -0.4 is 0 Å². The quantitative estimate of drug-likeness (QED) is 0.448. The first-order valence-electron chi connectivity index (χ1n) is 1.49. The summed E-state index contributed by atoms with van der Waals surface area (Å²) in [7, 11) is 3.79. The molecular formula is CP4. The van der Waals surface area contributed by atoms with E-state index in [-0.39, 0.29) is 0 Å². The summed E-state index contributed by atoms with van der Waals surface area (Å²) in [5.74, 6) is 0. The van der Waals surface area contributed by atoms with Gasteiger partial charge in [-0.05, 0) is 0 Å². The molecule has 2 saturated heterocycles. The van der Waals surface area contributed by atoms with Gasteiger partial charge in [0.15, 0.2) is 0 Å². The summed E-state index contributed by atoms with van der Waals surface area (Å²) in [5.41, 5.74) is 0. The Hall–Kier alpha value is 1.46. The Morgan fingerprint density at radius 3 is 1.60 bits per heavy atom. The van der Waals surface area contributed by atoms with Gasteiger partial charge in [-0.15, -0.1) is 16.5 Å². The van der Waals surface area contributed by atoms with Crippen molar-refractivity contribution in [2.24, 2.45) is 0 Å². The lowest BCUT2D eigenvalue weighted by Crippen LogP contribution is -1.35. The lowest BCUT2D eigenvalue weighted by molar-refractivity contribution is 2.08. The van der Waals surface area contributed by atoms with Crippen LogP contribution in [0.3, 0.4) is 0 Å². The molecule has 0 bridgehead atoms. The molecule has 0 N–H and O–H groups in total. The van der Waals surface area contributed by atoms with Crippen LogP contribution in [0.15, 0.2) is 0 Å². The highest BCUT2D eigenvalue weighted by Crippen LogP contribution is 3.37. The Balaban J connectivity index is 2.80. The Bertz CT molecular complexity index is 137. The average Bonchev–Trinajstić information content (AvgIpc) is 2.04. The van der Waals surface area contributed by atoms with Crippen LogP contribution in [0.25, 0.3) is 0 Å². The average molecular weight is 136 g/mol. The molecular weight excluding hydrogens is 136 g/mol. The van der Waals surface area contributed by atoms with Crippen molar-refractivity contribution in [3.8, 4) is 0 Å². The minimum absolute atomic E-state index is 0.836. The maximum absolute atomic E-state index is 1.90. The Labute approximate surface area is 35.4 Å². The van der Waals surface area contributed by atoms with Crippen molar-refractivity contribution in [1.82, 2.24) is 0 Å². The van der Waals surface area contributed by atoms with Gasteiger partial charge in [-0.1, -0.05) is 0 Å². The van der Waals surface area contributed by atoms with E-state index in [9.17, 15) is 0 Å². The van der Waals surface area contributed by atoms with Crippen molar-refractivity contribution in [2.75, 3.05) is 0 Å². The maximum Gasteiger partial charge on any atom is 0.134 e. The lowest BCUT2D eigenvalue weighted by atomic mass is 11.8. The molecule has 1 spiro atoms. The summed E-state index contributed by atoms with van der Waals surface area (Å²) in [6, 6.07) is 0. The van der Waals surface area contributed by atoms with Gasteiger partial charge in [-0.25, -0.2) is 0 Å². The van der Waals surface area contributed by atoms with Crippen molar-refractivity contribution >= 4 is 30.3 Å². The van der Waals surface area contributed by atoms with Gasteiger partial charge in [0, 0.05) is 0 Å². The lowest BCUT2D eigenvalue weighted by Gasteiger charge is -1.46. The first-order valence-corrected chi connectivity index (χ1v) is 8.08. The van der Waals surface area contributed by atoms with Crippen LogP contribution >= 0.6 is 30.3 Å². The third-order valence-corrected chi connectivity index (χ3v) is 25.3. The molecule has 24 valence electrons. The summed E-state index contributed by atoms with van der Waals surface area (Å²) in [4.78, 5) is 0. The molecule has 3 aliphatic heterocycles. The van der Waals surface area contributed by atoms with Crippen LogP contribution in [-0.4, -0.2) is 4.38 Å². The molecule has 3 heterocycles. The second-order valence-corrected chi connectivity index (χ2v) is 15.6. The molecule has 0 aliphatic carbocycles. The van der Waals surface area contributed by atoms with Crippen LogP contribution in [-0.2, 0) is 0 Å².